The van der Waals surface area contributed by atoms with Gasteiger partial charge in [-0.3, -0.25) is 0 Å². The molecule has 0 aliphatic heterocycles. The van der Waals surface area contributed by atoms with Gasteiger partial charge in [0.05, 0.1) is 0 Å². The third-order valence-electron chi connectivity index (χ3n) is 2.21. The number of halogens is 5. The van der Waals surface area contributed by atoms with Crippen LogP contribution in [-0.2, 0) is 29.8 Å². The second-order valence-corrected chi connectivity index (χ2v) is 14.1. The van der Waals surface area contributed by atoms with E-state index in [1.54, 1.807) is 23.3 Å². The first-order valence-electron chi connectivity index (χ1n) is 6.77. The van der Waals surface area contributed by atoms with Crippen molar-refractivity contribution in [1.82, 2.24) is 0 Å². The fourth-order valence-corrected chi connectivity index (χ4v) is 1.39. The van der Waals surface area contributed by atoms with E-state index in [0.29, 0.717) is 6.42 Å². The maximum Gasteiger partial charge on any atom is 0.389 e. The van der Waals surface area contributed by atoms with Crippen LogP contribution in [0.5, 0.6) is 0 Å². The molecule has 0 saturated carbocycles. The Morgan fingerprint density at radius 2 is 1.57 bits per heavy atom. The maximum atomic E-state index is 11.7. The molecule has 0 amide bonds. The molecule has 0 heterocycles. The molecule has 0 spiro atoms. The zero-order chi connectivity index (χ0) is 16.1. The summed E-state index contributed by atoms with van der Waals surface area (Å²) in [5.74, 6) is 0. The van der Waals surface area contributed by atoms with E-state index in [1.165, 1.54) is 0 Å². The summed E-state index contributed by atoms with van der Waals surface area (Å²) >= 11 is 1.74. The van der Waals surface area contributed by atoms with Crippen molar-refractivity contribution in [1.29, 1.82) is 0 Å². The summed E-state index contributed by atoms with van der Waals surface area (Å²) in [5, 5.41) is 0. The predicted molar refractivity (Wildman–Crippen MR) is 80.5 cm³/mol. The molecule has 0 atom stereocenters. The third kappa shape index (κ3) is 24.5. The molecular weight excluding hydrogens is 439 g/mol. The van der Waals surface area contributed by atoms with E-state index in [2.05, 4.69) is 13.1 Å². The van der Waals surface area contributed by atoms with Gasteiger partial charge in [-0.15, -0.1) is 0 Å². The molecule has 7 heteroatoms. The van der Waals surface area contributed by atoms with Gasteiger partial charge in [-0.1, -0.05) is 12.8 Å². The van der Waals surface area contributed by atoms with Crippen molar-refractivity contribution < 1.29 is 61.3 Å². The molecule has 0 saturated heterocycles. The van der Waals surface area contributed by atoms with E-state index in [-0.39, 0.29) is 36.7 Å². The minimum absolute atomic E-state index is 0. The van der Waals surface area contributed by atoms with Crippen molar-refractivity contribution in [3.05, 3.63) is 60.2 Å². The van der Waals surface area contributed by atoms with E-state index < -0.39 is 12.6 Å². The van der Waals surface area contributed by atoms with E-state index in [0.717, 1.165) is 5.56 Å². The molecule has 23 heavy (non-hydrogen) atoms. The Morgan fingerprint density at radius 1 is 1.04 bits per heavy atom. The van der Waals surface area contributed by atoms with Crippen LogP contribution in [0.25, 0.3) is 0 Å². The number of alkyl halides is 3. The molecule has 2 aromatic carbocycles. The van der Waals surface area contributed by atoms with Gasteiger partial charge in [0.1, 0.15) is 0 Å². The Hall–Kier alpha value is 0.170. The third-order valence-corrected chi connectivity index (χ3v) is 2.21. The van der Waals surface area contributed by atoms with Crippen molar-refractivity contribution in [3.8, 4) is 0 Å². The van der Waals surface area contributed by atoms with E-state index >= 15 is 0 Å². The van der Waals surface area contributed by atoms with Crippen molar-refractivity contribution in [3.63, 3.8) is 0 Å². The number of hydrogen-bond donors (Lipinski definition) is 0. The van der Waals surface area contributed by atoms with E-state index in [9.17, 15) is 13.2 Å². The van der Waals surface area contributed by atoms with Crippen molar-refractivity contribution >= 4 is 5.43 Å². The predicted octanol–water partition coefficient (Wildman–Crippen LogP) is -0.512. The van der Waals surface area contributed by atoms with Crippen molar-refractivity contribution in [2.24, 2.45) is 0 Å². The molecule has 2 aromatic rings. The van der Waals surface area contributed by atoms with Crippen LogP contribution in [0, 0.1) is 0 Å². The van der Waals surface area contributed by atoms with Crippen LogP contribution in [0.4, 0.5) is 13.2 Å². The molecule has 0 bridgehead atoms. The van der Waals surface area contributed by atoms with Crippen LogP contribution in [0.1, 0.15) is 18.4 Å². The molecule has 0 N–H and O–H groups in total. The molecule has 0 aromatic heterocycles. The van der Waals surface area contributed by atoms with Gasteiger partial charge < -0.3 is 24.8 Å². The van der Waals surface area contributed by atoms with Gasteiger partial charge in [0.25, 0.3) is 0 Å². The topological polar surface area (TPSA) is 0 Å². The largest absolute Gasteiger partial charge is 1.00 e. The minimum atomic E-state index is -4.01. The molecule has 0 radical (unpaired) electrons. The average molecular weight is 461 g/mol. The summed E-state index contributed by atoms with van der Waals surface area (Å²) in [5.41, 5.74) is 1.20. The molecule has 0 unspecified atom stereocenters. The SMILES string of the molecule is C[Si](C)=[Zr+2].FC(F)(F)CCCc1cc[cH-]c1.[Cl-].[Cl-].c1cc[cH-]c1. The molecule has 130 valence electrons. The van der Waals surface area contributed by atoms with Gasteiger partial charge in [-0.2, -0.15) is 55.1 Å². The summed E-state index contributed by atoms with van der Waals surface area (Å²) in [7, 11) is 0. The minimum Gasteiger partial charge on any atom is -1.00 e. The Morgan fingerprint density at radius 3 is 1.87 bits per heavy atom. The number of rotatable bonds is 3. The summed E-state index contributed by atoms with van der Waals surface area (Å²) in [6.07, 6.45) is -3.98. The van der Waals surface area contributed by atoms with Gasteiger partial charge >= 0.3 is 48.0 Å². The number of aryl methyl sites for hydroxylation is 1. The normalized spacial score (nSPS) is 9.17. The second kappa shape index (κ2) is 17.0. The fraction of sp³-hybridized carbons (Fsp3) is 0.375. The maximum absolute atomic E-state index is 11.7. The molecule has 0 aliphatic rings. The first-order chi connectivity index (χ1) is 9.81. The van der Waals surface area contributed by atoms with E-state index in [1.807, 2.05) is 54.6 Å². The van der Waals surface area contributed by atoms with Crippen LogP contribution in [0.2, 0.25) is 13.1 Å². The van der Waals surface area contributed by atoms with Crippen LogP contribution >= 0.6 is 0 Å². The van der Waals surface area contributed by atoms with Crippen LogP contribution in [-0.4, -0.2) is 11.6 Å². The first kappa shape index (κ1) is 28.0. The average Bonchev–Trinajstić information content (AvgIpc) is 3.02. The molecule has 0 aliphatic carbocycles. The summed E-state index contributed by atoms with van der Waals surface area (Å²) in [4.78, 5) is 0. The van der Waals surface area contributed by atoms with Gasteiger partial charge in [0, 0.05) is 6.42 Å². The summed E-state index contributed by atoms with van der Waals surface area (Å²) < 4.78 is 35.1. The van der Waals surface area contributed by atoms with Crippen molar-refractivity contribution in [2.45, 2.75) is 38.5 Å². The fourth-order valence-electron chi connectivity index (χ4n) is 1.39. The molecule has 2 rings (SSSR count). The Balaban J connectivity index is -0.000000305. The summed E-state index contributed by atoms with van der Waals surface area (Å²) in [6.45, 7) is 4.62. The molecule has 0 nitrogen and oxygen atoms in total. The van der Waals surface area contributed by atoms with Crippen molar-refractivity contribution in [2.75, 3.05) is 0 Å². The first-order valence-corrected chi connectivity index (χ1v) is 13.0. The Kier molecular flexibility index (Phi) is 20.7. The standard InChI is InChI=1S/C9H10F3.C5H5.C2H6Si.2ClH.Zr/c10-9(11,12)7-3-6-8-4-1-2-5-8;1-2-4-5-3-1;1-3-2;;;/h1-2,4-5H,3,6-7H2;1-5H;1-2H3;2*1H;/q2*-1;;;;+2/p-2. The Bertz CT molecular complexity index is 433. The molecule has 0 fully saturated rings. The van der Waals surface area contributed by atoms with Crippen LogP contribution in [0.3, 0.4) is 0 Å². The Labute approximate surface area is 164 Å². The summed E-state index contributed by atoms with van der Waals surface area (Å²) in [6, 6.07) is 17.4. The van der Waals surface area contributed by atoms with Gasteiger partial charge in [-0.05, 0) is 0 Å². The number of hydrogen-bond acceptors (Lipinski definition) is 0. The zero-order valence-electron chi connectivity index (χ0n) is 13.2. The zero-order valence-corrected chi connectivity index (χ0v) is 18.2. The second-order valence-electron chi connectivity index (χ2n) is 4.72. The van der Waals surface area contributed by atoms with Gasteiger partial charge in [0.2, 0.25) is 0 Å². The van der Waals surface area contributed by atoms with E-state index in [4.69, 9.17) is 0 Å². The smallest absolute Gasteiger partial charge is 0.389 e. The van der Waals surface area contributed by atoms with Crippen LogP contribution in [0.15, 0.2) is 54.6 Å². The quantitative estimate of drug-likeness (QED) is 0.428. The monoisotopic (exact) mass is 458 g/mol. The molecular formula is C16H21Cl2F3SiZr-2. The van der Waals surface area contributed by atoms with Crippen LogP contribution < -0.4 is 24.8 Å². The van der Waals surface area contributed by atoms with Gasteiger partial charge in [0.15, 0.2) is 0 Å². The van der Waals surface area contributed by atoms with Gasteiger partial charge in [-0.25, -0.2) is 18.2 Å².